The summed E-state index contributed by atoms with van der Waals surface area (Å²) in [6.07, 6.45) is 1.23. The lowest BCUT2D eigenvalue weighted by atomic mass is 10.1. The molecule has 0 radical (unpaired) electrons. The van der Waals surface area contributed by atoms with Gasteiger partial charge in [0.15, 0.2) is 12.2 Å². The monoisotopic (exact) mass is 395 g/mol. The molecule has 0 bridgehead atoms. The van der Waals surface area contributed by atoms with Crippen molar-refractivity contribution in [3.63, 3.8) is 0 Å². The van der Waals surface area contributed by atoms with E-state index < -0.39 is 12.2 Å². The lowest BCUT2D eigenvalue weighted by molar-refractivity contribution is -0.136. The summed E-state index contributed by atoms with van der Waals surface area (Å²) in [5.41, 5.74) is 5.47. The molecule has 1 aromatic rings. The Hall–Kier alpha value is -2.83. The zero-order chi connectivity index (χ0) is 21.0. The molecule has 3 aliphatic heterocycles. The smallest absolute Gasteiger partial charge is 0.302 e. The van der Waals surface area contributed by atoms with Gasteiger partial charge in [-0.2, -0.15) is 0 Å². The summed E-state index contributed by atoms with van der Waals surface area (Å²) in [6, 6.07) is 5.57. The van der Waals surface area contributed by atoms with Crippen molar-refractivity contribution in [2.45, 2.75) is 59.7 Å². The highest BCUT2D eigenvalue weighted by Crippen LogP contribution is 2.40. The van der Waals surface area contributed by atoms with Crippen molar-refractivity contribution >= 4 is 23.6 Å². The molecule has 0 saturated carbocycles. The van der Waals surface area contributed by atoms with Gasteiger partial charge in [0.25, 0.3) is 5.91 Å². The average Bonchev–Trinajstić information content (AvgIpc) is 3.17. The van der Waals surface area contributed by atoms with Crippen LogP contribution in [0, 0.1) is 13.8 Å². The lowest BCUT2D eigenvalue weighted by Gasteiger charge is -2.40. The Bertz CT molecular complexity index is 951. The molecule has 7 nitrogen and oxygen atoms in total. The van der Waals surface area contributed by atoms with Gasteiger partial charge >= 0.3 is 6.03 Å². The van der Waals surface area contributed by atoms with Gasteiger partial charge in [0.2, 0.25) is 5.96 Å². The van der Waals surface area contributed by atoms with Gasteiger partial charge in [-0.1, -0.05) is 31.0 Å². The highest BCUT2D eigenvalue weighted by atomic mass is 16.2. The predicted octanol–water partition coefficient (Wildman–Crippen LogP) is 3.44. The topological polar surface area (TPSA) is 59.5 Å². The number of carbonyl (C=O) groups excluding carboxylic acids is 2. The predicted molar refractivity (Wildman–Crippen MR) is 113 cm³/mol. The summed E-state index contributed by atoms with van der Waals surface area (Å²) in [4.78, 5) is 38.2. The number of benzene rings is 1. The van der Waals surface area contributed by atoms with Crippen LogP contribution < -0.4 is 4.90 Å². The normalized spacial score (nSPS) is 23.9. The van der Waals surface area contributed by atoms with Crippen molar-refractivity contribution in [2.24, 2.45) is 4.99 Å². The van der Waals surface area contributed by atoms with Crippen LogP contribution >= 0.6 is 0 Å². The SMILES string of the molecule is CCCCN1C(=O)C2C(N=C3N(c4ccc(C)cc4C)C(C)=C(C)N32)N(C)C1=O. The van der Waals surface area contributed by atoms with Gasteiger partial charge in [-0.25, -0.2) is 9.79 Å². The van der Waals surface area contributed by atoms with E-state index in [9.17, 15) is 9.59 Å². The first-order valence-electron chi connectivity index (χ1n) is 10.3. The van der Waals surface area contributed by atoms with E-state index in [0.29, 0.717) is 6.54 Å². The number of imide groups is 1. The molecule has 1 saturated heterocycles. The van der Waals surface area contributed by atoms with Crippen molar-refractivity contribution in [3.05, 3.63) is 40.7 Å². The van der Waals surface area contributed by atoms with Crippen molar-refractivity contribution in [3.8, 4) is 0 Å². The molecule has 3 amide bonds. The highest BCUT2D eigenvalue weighted by molar-refractivity contribution is 6.10. The molecule has 7 heteroatoms. The Labute approximate surface area is 172 Å². The largest absolute Gasteiger partial charge is 0.328 e. The van der Waals surface area contributed by atoms with Crippen molar-refractivity contribution in [1.82, 2.24) is 14.7 Å². The van der Waals surface area contributed by atoms with Gasteiger partial charge in [-0.3, -0.25) is 19.5 Å². The number of rotatable bonds is 4. The summed E-state index contributed by atoms with van der Waals surface area (Å²) in [5, 5.41) is 0. The molecule has 1 fully saturated rings. The maximum absolute atomic E-state index is 13.3. The number of urea groups is 1. The number of carbonyl (C=O) groups is 2. The van der Waals surface area contributed by atoms with E-state index >= 15 is 0 Å². The number of aliphatic imine (C=N–C) groups is 1. The van der Waals surface area contributed by atoms with E-state index in [-0.39, 0.29) is 11.9 Å². The first-order chi connectivity index (χ1) is 13.8. The molecular formula is C22H29N5O2. The summed E-state index contributed by atoms with van der Waals surface area (Å²) in [6.45, 7) is 10.8. The zero-order valence-electron chi connectivity index (χ0n) is 18.1. The van der Waals surface area contributed by atoms with E-state index in [1.165, 1.54) is 10.5 Å². The van der Waals surface area contributed by atoms with Gasteiger partial charge in [0.1, 0.15) is 0 Å². The minimum atomic E-state index is -0.504. The molecule has 0 spiro atoms. The van der Waals surface area contributed by atoms with E-state index in [0.717, 1.165) is 41.4 Å². The number of guanidine groups is 1. The van der Waals surface area contributed by atoms with E-state index in [1.54, 1.807) is 11.9 Å². The molecular weight excluding hydrogens is 366 g/mol. The standard InChI is InChI=1S/C22H29N5O2/c1-7-8-11-25-20(28)18-19(24(6)22(25)29)23-21-26(15(4)16(5)27(18)21)17-10-9-13(2)12-14(17)3/h9-10,12,18-19H,7-8,11H2,1-6H3. The first-order valence-corrected chi connectivity index (χ1v) is 10.3. The third-order valence-corrected chi connectivity index (χ3v) is 6.22. The number of nitrogens with zero attached hydrogens (tertiary/aromatic N) is 5. The number of hydrogen-bond donors (Lipinski definition) is 0. The molecule has 3 heterocycles. The van der Waals surface area contributed by atoms with Gasteiger partial charge in [-0.05, 0) is 45.7 Å². The minimum absolute atomic E-state index is 0.153. The number of fused-ring (bicyclic) bond motifs is 3. The van der Waals surface area contributed by atoms with Crippen molar-refractivity contribution < 1.29 is 9.59 Å². The zero-order valence-corrected chi connectivity index (χ0v) is 18.1. The number of allylic oxidation sites excluding steroid dienone is 2. The van der Waals surface area contributed by atoms with Crippen molar-refractivity contribution in [1.29, 1.82) is 0 Å². The number of amides is 3. The van der Waals surface area contributed by atoms with Crippen LogP contribution in [-0.2, 0) is 4.79 Å². The van der Waals surface area contributed by atoms with Crippen LogP contribution in [0.1, 0.15) is 44.7 Å². The van der Waals surface area contributed by atoms with E-state index in [2.05, 4.69) is 50.8 Å². The second kappa shape index (κ2) is 6.90. The number of likely N-dealkylation sites (N-methyl/N-ethyl adjacent to an activating group) is 1. The average molecular weight is 396 g/mol. The fraction of sp³-hybridized carbons (Fsp3) is 0.500. The maximum Gasteiger partial charge on any atom is 0.328 e. The van der Waals surface area contributed by atoms with Crippen LogP contribution in [0.2, 0.25) is 0 Å². The summed E-state index contributed by atoms with van der Waals surface area (Å²) >= 11 is 0. The van der Waals surface area contributed by atoms with Gasteiger partial charge in [-0.15, -0.1) is 0 Å². The Morgan fingerprint density at radius 1 is 1.07 bits per heavy atom. The number of unbranched alkanes of at least 4 members (excludes halogenated alkanes) is 1. The van der Waals surface area contributed by atoms with Crippen LogP contribution in [0.3, 0.4) is 0 Å². The maximum atomic E-state index is 13.3. The third-order valence-electron chi connectivity index (χ3n) is 6.22. The van der Waals surface area contributed by atoms with Crippen LogP contribution in [0.5, 0.6) is 0 Å². The second-order valence-corrected chi connectivity index (χ2v) is 8.19. The van der Waals surface area contributed by atoms with E-state index in [4.69, 9.17) is 4.99 Å². The van der Waals surface area contributed by atoms with Crippen LogP contribution in [0.4, 0.5) is 10.5 Å². The van der Waals surface area contributed by atoms with Crippen LogP contribution in [-0.4, -0.2) is 58.4 Å². The second-order valence-electron chi connectivity index (χ2n) is 8.19. The fourth-order valence-electron chi connectivity index (χ4n) is 4.48. The van der Waals surface area contributed by atoms with Gasteiger partial charge in [0, 0.05) is 25.0 Å². The third kappa shape index (κ3) is 2.74. The van der Waals surface area contributed by atoms with Gasteiger partial charge in [0.05, 0.1) is 5.69 Å². The molecule has 4 rings (SSSR count). The minimum Gasteiger partial charge on any atom is -0.302 e. The fourth-order valence-corrected chi connectivity index (χ4v) is 4.48. The number of hydrogen-bond acceptors (Lipinski definition) is 5. The number of anilines is 1. The summed E-state index contributed by atoms with van der Waals surface area (Å²) in [5.74, 6) is 0.576. The lowest BCUT2D eigenvalue weighted by Crippen LogP contribution is -2.64. The molecule has 0 N–H and O–H groups in total. The molecule has 2 atom stereocenters. The summed E-state index contributed by atoms with van der Waals surface area (Å²) < 4.78 is 0. The van der Waals surface area contributed by atoms with Crippen LogP contribution in [0.25, 0.3) is 0 Å². The quantitative estimate of drug-likeness (QED) is 0.784. The summed E-state index contributed by atoms with van der Waals surface area (Å²) in [7, 11) is 1.74. The molecule has 1 aromatic carbocycles. The highest BCUT2D eigenvalue weighted by Gasteiger charge is 2.55. The van der Waals surface area contributed by atoms with Gasteiger partial charge < -0.3 is 4.90 Å². The molecule has 154 valence electrons. The molecule has 3 aliphatic rings. The Morgan fingerprint density at radius 2 is 1.79 bits per heavy atom. The Morgan fingerprint density at radius 3 is 2.45 bits per heavy atom. The van der Waals surface area contributed by atoms with Crippen LogP contribution in [0.15, 0.2) is 34.6 Å². The molecule has 2 unspecified atom stereocenters. The number of aryl methyl sites for hydroxylation is 2. The molecule has 0 aliphatic carbocycles. The first kappa shape index (κ1) is 19.5. The van der Waals surface area contributed by atoms with E-state index in [1.807, 2.05) is 11.8 Å². The Kier molecular flexibility index (Phi) is 4.63. The Balaban J connectivity index is 1.76. The van der Waals surface area contributed by atoms with Crippen molar-refractivity contribution in [2.75, 3.05) is 18.5 Å². The molecule has 29 heavy (non-hydrogen) atoms. The molecule has 0 aromatic heterocycles.